The van der Waals surface area contributed by atoms with Gasteiger partial charge in [0, 0.05) is 35.2 Å². The van der Waals surface area contributed by atoms with Crippen LogP contribution in [0.3, 0.4) is 0 Å². The number of nitriles is 1. The zero-order chi connectivity index (χ0) is 25.1. The number of carbonyl (C=O) groups is 1. The van der Waals surface area contributed by atoms with E-state index in [2.05, 4.69) is 26.7 Å². The largest absolute Gasteiger partial charge is 0.477 e. The molecule has 36 heavy (non-hydrogen) atoms. The van der Waals surface area contributed by atoms with Gasteiger partial charge in [0.25, 0.3) is 0 Å². The number of hydrogen-bond acceptors (Lipinski definition) is 7. The number of pyridine rings is 1. The Morgan fingerprint density at radius 1 is 1.03 bits per heavy atom. The summed E-state index contributed by atoms with van der Waals surface area (Å²) >= 11 is 0. The molecule has 0 spiro atoms. The minimum atomic E-state index is -1.21. The Bertz CT molecular complexity index is 1530. The first-order valence-corrected chi connectivity index (χ1v) is 11.8. The molecular weight excluding hydrogens is 456 g/mol. The van der Waals surface area contributed by atoms with Gasteiger partial charge in [-0.05, 0) is 61.4 Å². The molecule has 1 saturated carbocycles. The van der Waals surface area contributed by atoms with Crippen LogP contribution in [0, 0.1) is 11.3 Å². The molecule has 5 rings (SSSR count). The molecule has 0 radical (unpaired) electrons. The molecule has 9 nitrogen and oxygen atoms in total. The molecular formula is C27H24N6O3. The van der Waals surface area contributed by atoms with Crippen molar-refractivity contribution in [3.8, 4) is 6.07 Å². The van der Waals surface area contributed by atoms with Gasteiger partial charge in [0.05, 0.1) is 17.1 Å². The van der Waals surface area contributed by atoms with Crippen molar-refractivity contribution in [3.05, 3.63) is 82.3 Å². The second-order valence-electron chi connectivity index (χ2n) is 8.81. The zero-order valence-electron chi connectivity index (χ0n) is 19.4. The first-order valence-electron chi connectivity index (χ1n) is 11.8. The van der Waals surface area contributed by atoms with E-state index in [-0.39, 0.29) is 11.6 Å². The Hall–Kier alpha value is -4.71. The fourth-order valence-electron chi connectivity index (χ4n) is 4.63. The lowest BCUT2D eigenvalue weighted by Gasteiger charge is -2.27. The summed E-state index contributed by atoms with van der Waals surface area (Å²) in [6.07, 6.45) is 8.34. The van der Waals surface area contributed by atoms with E-state index in [0.717, 1.165) is 37.1 Å². The number of benzene rings is 2. The molecule has 2 aromatic carbocycles. The second kappa shape index (κ2) is 9.88. The normalized spacial score (nSPS) is 13.8. The summed E-state index contributed by atoms with van der Waals surface area (Å²) in [6.45, 7) is 0. The standard InChI is InChI=1S/C27H24N6O3/c28-15-17-6-8-18(9-7-17)31-27-29-13-12-24(32-27)30-19-10-11-21-23(14-19)33(20-4-2-1-3-5-20)16-22(25(21)34)26(35)36/h6-14,16,20H,1-5H2,(H,35,36)(H2,29,30,31,32). The molecule has 1 aliphatic rings. The van der Waals surface area contributed by atoms with Crippen molar-refractivity contribution >= 4 is 40.0 Å². The van der Waals surface area contributed by atoms with Crippen LogP contribution in [0.2, 0.25) is 0 Å². The van der Waals surface area contributed by atoms with Crippen molar-refractivity contribution in [2.45, 2.75) is 38.1 Å². The minimum absolute atomic E-state index is 0.150. The lowest BCUT2D eigenvalue weighted by atomic mass is 9.94. The summed E-state index contributed by atoms with van der Waals surface area (Å²) in [5, 5.41) is 25.3. The Morgan fingerprint density at radius 2 is 1.78 bits per heavy atom. The highest BCUT2D eigenvalue weighted by atomic mass is 16.4. The van der Waals surface area contributed by atoms with Crippen molar-refractivity contribution in [1.82, 2.24) is 14.5 Å². The third kappa shape index (κ3) is 4.74. The molecule has 0 unspecified atom stereocenters. The SMILES string of the molecule is N#Cc1ccc(Nc2nccc(Nc3ccc4c(=O)c(C(=O)O)cn(C5CCCCC5)c4c3)n2)cc1. The van der Waals surface area contributed by atoms with E-state index in [0.29, 0.717) is 28.2 Å². The van der Waals surface area contributed by atoms with Gasteiger partial charge in [0.15, 0.2) is 0 Å². The third-order valence-electron chi connectivity index (χ3n) is 6.43. The maximum atomic E-state index is 12.9. The Kier molecular flexibility index (Phi) is 6.33. The number of carboxylic acids is 1. The number of aromatic nitrogens is 3. The number of hydrogen-bond donors (Lipinski definition) is 3. The number of aromatic carboxylic acids is 1. The third-order valence-corrected chi connectivity index (χ3v) is 6.43. The summed E-state index contributed by atoms with van der Waals surface area (Å²) in [5.74, 6) is -0.276. The van der Waals surface area contributed by atoms with E-state index in [1.165, 1.54) is 12.6 Å². The van der Waals surface area contributed by atoms with Crippen LogP contribution in [-0.4, -0.2) is 25.6 Å². The number of anilines is 4. The average molecular weight is 481 g/mol. The molecule has 1 aliphatic carbocycles. The molecule has 0 amide bonds. The lowest BCUT2D eigenvalue weighted by Crippen LogP contribution is -2.22. The maximum Gasteiger partial charge on any atom is 0.341 e. The van der Waals surface area contributed by atoms with Crippen LogP contribution in [0.5, 0.6) is 0 Å². The predicted molar refractivity (Wildman–Crippen MR) is 137 cm³/mol. The van der Waals surface area contributed by atoms with Crippen molar-refractivity contribution in [1.29, 1.82) is 5.26 Å². The molecule has 180 valence electrons. The number of carboxylic acid groups (broad SMARTS) is 1. The van der Waals surface area contributed by atoms with E-state index in [1.54, 1.807) is 48.7 Å². The number of fused-ring (bicyclic) bond motifs is 1. The van der Waals surface area contributed by atoms with E-state index in [9.17, 15) is 14.7 Å². The monoisotopic (exact) mass is 480 g/mol. The Balaban J connectivity index is 1.47. The smallest absolute Gasteiger partial charge is 0.341 e. The summed E-state index contributed by atoms with van der Waals surface area (Å²) in [5.41, 5.74) is 2.05. The van der Waals surface area contributed by atoms with Crippen molar-refractivity contribution in [2.75, 3.05) is 10.6 Å². The topological polar surface area (TPSA) is 133 Å². The number of rotatable bonds is 6. The van der Waals surface area contributed by atoms with Gasteiger partial charge < -0.3 is 20.3 Å². The number of nitrogens with one attached hydrogen (secondary N) is 2. The van der Waals surface area contributed by atoms with E-state index in [1.807, 2.05) is 10.6 Å². The average Bonchev–Trinajstić information content (AvgIpc) is 2.90. The fourth-order valence-corrected chi connectivity index (χ4v) is 4.63. The minimum Gasteiger partial charge on any atom is -0.477 e. The Morgan fingerprint density at radius 3 is 2.50 bits per heavy atom. The summed E-state index contributed by atoms with van der Waals surface area (Å²) in [4.78, 5) is 33.4. The van der Waals surface area contributed by atoms with Gasteiger partial charge in [-0.3, -0.25) is 4.79 Å². The van der Waals surface area contributed by atoms with Crippen LogP contribution in [0.15, 0.2) is 65.7 Å². The highest BCUT2D eigenvalue weighted by Crippen LogP contribution is 2.32. The molecule has 0 bridgehead atoms. The predicted octanol–water partition coefficient (Wildman–Crippen LogP) is 5.35. The molecule has 3 N–H and O–H groups in total. The van der Waals surface area contributed by atoms with Crippen LogP contribution in [-0.2, 0) is 0 Å². The van der Waals surface area contributed by atoms with Crippen molar-refractivity contribution in [3.63, 3.8) is 0 Å². The van der Waals surface area contributed by atoms with E-state index < -0.39 is 11.4 Å². The molecule has 0 saturated heterocycles. The van der Waals surface area contributed by atoms with Gasteiger partial charge in [0.2, 0.25) is 11.4 Å². The second-order valence-corrected chi connectivity index (χ2v) is 8.81. The summed E-state index contributed by atoms with van der Waals surface area (Å²) < 4.78 is 1.96. The molecule has 2 heterocycles. The van der Waals surface area contributed by atoms with Gasteiger partial charge >= 0.3 is 5.97 Å². The lowest BCUT2D eigenvalue weighted by molar-refractivity contribution is 0.0694. The van der Waals surface area contributed by atoms with Gasteiger partial charge in [-0.15, -0.1) is 0 Å². The first kappa shape index (κ1) is 23.1. The quantitative estimate of drug-likeness (QED) is 0.336. The highest BCUT2D eigenvalue weighted by molar-refractivity contribution is 5.93. The summed E-state index contributed by atoms with van der Waals surface area (Å²) in [7, 11) is 0. The fraction of sp³-hybridized carbons (Fsp3) is 0.222. The van der Waals surface area contributed by atoms with Crippen LogP contribution in [0.25, 0.3) is 10.9 Å². The molecule has 4 aromatic rings. The molecule has 0 aliphatic heterocycles. The zero-order valence-corrected chi connectivity index (χ0v) is 19.4. The van der Waals surface area contributed by atoms with Crippen LogP contribution < -0.4 is 16.1 Å². The first-order chi connectivity index (χ1) is 17.5. The van der Waals surface area contributed by atoms with Crippen molar-refractivity contribution in [2.24, 2.45) is 0 Å². The van der Waals surface area contributed by atoms with Crippen LogP contribution in [0.1, 0.15) is 54.1 Å². The van der Waals surface area contributed by atoms with Crippen molar-refractivity contribution < 1.29 is 9.90 Å². The van der Waals surface area contributed by atoms with Crippen LogP contribution in [0.4, 0.5) is 23.1 Å². The summed E-state index contributed by atoms with van der Waals surface area (Å²) in [6, 6.07) is 16.2. The van der Waals surface area contributed by atoms with Crippen LogP contribution >= 0.6 is 0 Å². The van der Waals surface area contributed by atoms with Gasteiger partial charge in [0.1, 0.15) is 11.4 Å². The Labute approximate surface area is 207 Å². The van der Waals surface area contributed by atoms with Gasteiger partial charge in [-0.2, -0.15) is 10.2 Å². The molecule has 1 fully saturated rings. The van der Waals surface area contributed by atoms with E-state index in [4.69, 9.17) is 5.26 Å². The highest BCUT2D eigenvalue weighted by Gasteiger charge is 2.21. The molecule has 0 atom stereocenters. The molecule has 9 heteroatoms. The van der Waals surface area contributed by atoms with Gasteiger partial charge in [-0.25, -0.2) is 9.78 Å². The van der Waals surface area contributed by atoms with Gasteiger partial charge in [-0.1, -0.05) is 19.3 Å². The van der Waals surface area contributed by atoms with E-state index >= 15 is 0 Å². The molecule has 2 aromatic heterocycles. The maximum absolute atomic E-state index is 12.9. The number of nitrogens with zero attached hydrogens (tertiary/aromatic N) is 4.